The molecule has 1 N–H and O–H groups in total. The van der Waals surface area contributed by atoms with Crippen LogP contribution >= 0.6 is 22.9 Å². The first-order chi connectivity index (χ1) is 11.5. The largest absolute Gasteiger partial charge is 0.256 e. The van der Waals surface area contributed by atoms with E-state index in [-0.39, 0.29) is 12.3 Å². The molecule has 0 fully saturated rings. The van der Waals surface area contributed by atoms with Gasteiger partial charge in [0.1, 0.15) is 0 Å². The molecule has 0 aliphatic rings. The first kappa shape index (κ1) is 17.0. The fourth-order valence-electron chi connectivity index (χ4n) is 2.21. The standard InChI is InChI=1S/C16H14ClN3O2S2/c17-14-3-1-2-12(8-14)11-24(21,22)20-9-15-16(19-6-5-18-15)13-4-7-23-10-13/h1-8,10,20H,9,11H2. The molecule has 0 spiro atoms. The van der Waals surface area contributed by atoms with E-state index in [1.54, 1.807) is 48.0 Å². The summed E-state index contributed by atoms with van der Waals surface area (Å²) >= 11 is 7.44. The number of nitrogens with zero attached hydrogens (tertiary/aromatic N) is 2. The number of rotatable bonds is 6. The van der Waals surface area contributed by atoms with Crippen LogP contribution in [0.5, 0.6) is 0 Å². The Morgan fingerprint density at radius 2 is 2.00 bits per heavy atom. The molecule has 5 nitrogen and oxygen atoms in total. The normalized spacial score (nSPS) is 11.5. The molecule has 2 aromatic heterocycles. The number of aromatic nitrogens is 2. The van der Waals surface area contributed by atoms with Gasteiger partial charge in [-0.05, 0) is 29.1 Å². The fourth-order valence-corrected chi connectivity index (χ4v) is 4.14. The molecule has 0 unspecified atom stereocenters. The molecule has 1 aromatic carbocycles. The fraction of sp³-hybridized carbons (Fsp3) is 0.125. The Labute approximate surface area is 149 Å². The highest BCUT2D eigenvalue weighted by Gasteiger charge is 2.15. The van der Waals surface area contributed by atoms with Crippen molar-refractivity contribution >= 4 is 33.0 Å². The van der Waals surface area contributed by atoms with E-state index >= 15 is 0 Å². The van der Waals surface area contributed by atoms with E-state index in [1.165, 1.54) is 0 Å². The highest BCUT2D eigenvalue weighted by molar-refractivity contribution is 7.88. The van der Waals surface area contributed by atoms with E-state index in [0.717, 1.165) is 5.56 Å². The second-order valence-electron chi connectivity index (χ2n) is 5.07. The first-order valence-electron chi connectivity index (χ1n) is 7.08. The summed E-state index contributed by atoms with van der Waals surface area (Å²) in [5.74, 6) is -0.137. The van der Waals surface area contributed by atoms with Gasteiger partial charge < -0.3 is 0 Å². The summed E-state index contributed by atoms with van der Waals surface area (Å²) in [6.45, 7) is 0.0852. The van der Waals surface area contributed by atoms with Crippen LogP contribution in [0.4, 0.5) is 0 Å². The smallest absolute Gasteiger partial charge is 0.216 e. The minimum atomic E-state index is -3.51. The summed E-state index contributed by atoms with van der Waals surface area (Å²) in [7, 11) is -3.51. The van der Waals surface area contributed by atoms with E-state index in [0.29, 0.717) is 22.0 Å². The molecule has 2 heterocycles. The molecule has 0 saturated heterocycles. The van der Waals surface area contributed by atoms with Gasteiger partial charge in [-0.15, -0.1) is 0 Å². The predicted molar refractivity (Wildman–Crippen MR) is 96.3 cm³/mol. The summed E-state index contributed by atoms with van der Waals surface area (Å²) in [4.78, 5) is 8.56. The zero-order valence-electron chi connectivity index (χ0n) is 12.5. The maximum absolute atomic E-state index is 12.3. The molecule has 0 bridgehead atoms. The van der Waals surface area contributed by atoms with Gasteiger partial charge in [0.15, 0.2) is 0 Å². The van der Waals surface area contributed by atoms with E-state index < -0.39 is 10.0 Å². The maximum Gasteiger partial charge on any atom is 0.216 e. The average molecular weight is 380 g/mol. The molecule has 3 rings (SSSR count). The third-order valence-corrected chi connectivity index (χ3v) is 5.49. The van der Waals surface area contributed by atoms with Crippen LogP contribution in [0.15, 0.2) is 53.5 Å². The Kier molecular flexibility index (Phi) is 5.25. The van der Waals surface area contributed by atoms with Crippen molar-refractivity contribution in [1.82, 2.24) is 14.7 Å². The van der Waals surface area contributed by atoms with Crippen LogP contribution < -0.4 is 4.72 Å². The number of hydrogen-bond acceptors (Lipinski definition) is 5. The van der Waals surface area contributed by atoms with Crippen LogP contribution in [0.1, 0.15) is 11.3 Å². The second kappa shape index (κ2) is 7.40. The number of halogens is 1. The van der Waals surface area contributed by atoms with Gasteiger partial charge in [0.2, 0.25) is 10.0 Å². The monoisotopic (exact) mass is 379 g/mol. The van der Waals surface area contributed by atoms with Gasteiger partial charge >= 0.3 is 0 Å². The molecule has 3 aromatic rings. The van der Waals surface area contributed by atoms with Gasteiger partial charge in [-0.1, -0.05) is 23.7 Å². The van der Waals surface area contributed by atoms with Crippen molar-refractivity contribution < 1.29 is 8.42 Å². The predicted octanol–water partition coefficient (Wildman–Crippen LogP) is 3.48. The van der Waals surface area contributed by atoms with Gasteiger partial charge in [0, 0.05) is 28.4 Å². The molecule has 0 aliphatic heterocycles. The lowest BCUT2D eigenvalue weighted by atomic mass is 10.2. The van der Waals surface area contributed by atoms with E-state index in [9.17, 15) is 8.42 Å². The Morgan fingerprint density at radius 3 is 2.75 bits per heavy atom. The summed E-state index contributed by atoms with van der Waals surface area (Å²) in [5, 5.41) is 4.40. The topological polar surface area (TPSA) is 72.0 Å². The number of thiophene rings is 1. The average Bonchev–Trinajstić information content (AvgIpc) is 3.07. The zero-order valence-corrected chi connectivity index (χ0v) is 14.9. The van der Waals surface area contributed by atoms with E-state index in [2.05, 4.69) is 14.7 Å². The van der Waals surface area contributed by atoms with Gasteiger partial charge in [0.05, 0.1) is 23.7 Å². The molecule has 24 heavy (non-hydrogen) atoms. The van der Waals surface area contributed by atoms with Crippen LogP contribution in [0.2, 0.25) is 5.02 Å². The third kappa shape index (κ3) is 4.39. The highest BCUT2D eigenvalue weighted by Crippen LogP contribution is 2.22. The number of nitrogens with one attached hydrogen (secondary N) is 1. The molecule has 0 aliphatic carbocycles. The summed E-state index contributed by atoms with van der Waals surface area (Å²) in [6, 6.07) is 8.73. The Bertz CT molecular complexity index is 928. The molecular formula is C16H14ClN3O2S2. The van der Waals surface area contributed by atoms with Crippen molar-refractivity contribution in [1.29, 1.82) is 0 Å². The van der Waals surface area contributed by atoms with Crippen LogP contribution in [0.25, 0.3) is 11.3 Å². The Balaban J connectivity index is 1.74. The lowest BCUT2D eigenvalue weighted by Crippen LogP contribution is -2.25. The molecule has 0 radical (unpaired) electrons. The molecule has 0 atom stereocenters. The minimum Gasteiger partial charge on any atom is -0.256 e. The van der Waals surface area contributed by atoms with Crippen molar-refractivity contribution in [2.24, 2.45) is 0 Å². The third-order valence-electron chi connectivity index (χ3n) is 3.27. The Morgan fingerprint density at radius 1 is 1.17 bits per heavy atom. The number of sulfonamides is 1. The molecule has 8 heteroatoms. The van der Waals surface area contributed by atoms with Crippen molar-refractivity contribution in [3.05, 3.63) is 69.8 Å². The van der Waals surface area contributed by atoms with Gasteiger partial charge in [-0.2, -0.15) is 11.3 Å². The van der Waals surface area contributed by atoms with Crippen LogP contribution in [0, 0.1) is 0 Å². The van der Waals surface area contributed by atoms with Crippen molar-refractivity contribution in [2.75, 3.05) is 0 Å². The maximum atomic E-state index is 12.3. The zero-order chi connectivity index (χ0) is 17.0. The van der Waals surface area contributed by atoms with Crippen LogP contribution in [-0.2, 0) is 22.3 Å². The quantitative estimate of drug-likeness (QED) is 0.711. The summed E-state index contributed by atoms with van der Waals surface area (Å²) in [6.07, 6.45) is 3.15. The number of benzene rings is 1. The van der Waals surface area contributed by atoms with Gasteiger partial charge in [-0.3, -0.25) is 9.97 Å². The van der Waals surface area contributed by atoms with Crippen molar-refractivity contribution in [3.63, 3.8) is 0 Å². The molecule has 124 valence electrons. The second-order valence-corrected chi connectivity index (χ2v) is 8.10. The van der Waals surface area contributed by atoms with E-state index in [1.807, 2.05) is 16.8 Å². The first-order valence-corrected chi connectivity index (χ1v) is 10.0. The van der Waals surface area contributed by atoms with Crippen molar-refractivity contribution in [3.8, 4) is 11.3 Å². The molecule has 0 saturated carbocycles. The molecule has 0 amide bonds. The SMILES string of the molecule is O=S(=O)(Cc1cccc(Cl)c1)NCc1nccnc1-c1ccsc1. The van der Waals surface area contributed by atoms with Crippen LogP contribution in [0.3, 0.4) is 0 Å². The lowest BCUT2D eigenvalue weighted by Gasteiger charge is -2.09. The van der Waals surface area contributed by atoms with Crippen LogP contribution in [-0.4, -0.2) is 18.4 Å². The highest BCUT2D eigenvalue weighted by atomic mass is 35.5. The number of hydrogen-bond donors (Lipinski definition) is 1. The summed E-state index contributed by atoms with van der Waals surface area (Å²) in [5.41, 5.74) is 2.83. The minimum absolute atomic E-state index is 0.0852. The Hall–Kier alpha value is -1.80. The summed E-state index contributed by atoms with van der Waals surface area (Å²) < 4.78 is 27.1. The van der Waals surface area contributed by atoms with E-state index in [4.69, 9.17) is 11.6 Å². The van der Waals surface area contributed by atoms with Gasteiger partial charge in [0.25, 0.3) is 0 Å². The lowest BCUT2D eigenvalue weighted by molar-refractivity contribution is 0.579. The van der Waals surface area contributed by atoms with Gasteiger partial charge in [-0.25, -0.2) is 13.1 Å². The van der Waals surface area contributed by atoms with Crippen molar-refractivity contribution in [2.45, 2.75) is 12.3 Å². The molecular weight excluding hydrogens is 366 g/mol.